The smallest absolute Gasteiger partial charge is 0.201 e. The predicted octanol–water partition coefficient (Wildman–Crippen LogP) is 2.53. The van der Waals surface area contributed by atoms with Gasteiger partial charge >= 0.3 is 0 Å². The topological polar surface area (TPSA) is 42.0 Å². The molecule has 74 valence electrons. The van der Waals surface area contributed by atoms with E-state index >= 15 is 0 Å². The average Bonchev–Trinajstić information content (AvgIpc) is 2.46. The number of nitrogens with one attached hydrogen (secondary N) is 1. The number of amides is 1. The minimum Gasteiger partial charge on any atom is -0.312 e. The Balaban J connectivity index is 2.94. The van der Waals surface area contributed by atoms with Crippen molar-refractivity contribution in [3.05, 3.63) is 10.6 Å². The van der Waals surface area contributed by atoms with Gasteiger partial charge in [0.2, 0.25) is 7.85 Å². The molecule has 3 nitrogen and oxygen atoms in total. The van der Waals surface area contributed by atoms with Crippen LogP contribution in [0.25, 0.3) is 0 Å². The first-order valence-corrected chi connectivity index (χ1v) is 5.42. The van der Waals surface area contributed by atoms with Gasteiger partial charge in [0, 0.05) is 4.88 Å². The highest BCUT2D eigenvalue weighted by atomic mass is 32.1. The van der Waals surface area contributed by atoms with Crippen molar-refractivity contribution in [3.8, 4) is 0 Å². The number of carbonyl (C=O) groups excluding carboxylic acids is 1. The molecule has 0 aliphatic heterocycles. The molecule has 0 bridgehead atoms. The summed E-state index contributed by atoms with van der Waals surface area (Å²) < 4.78 is 0. The maximum absolute atomic E-state index is 10.6. The monoisotopic (exact) mass is 208 g/mol. The van der Waals surface area contributed by atoms with Gasteiger partial charge in [-0.15, -0.1) is 11.3 Å². The molecule has 1 aromatic heterocycles. The van der Waals surface area contributed by atoms with Crippen molar-refractivity contribution in [2.24, 2.45) is 0 Å². The molecule has 1 amide bonds. The molecule has 14 heavy (non-hydrogen) atoms. The van der Waals surface area contributed by atoms with Crippen molar-refractivity contribution in [1.82, 2.24) is 4.98 Å². The fourth-order valence-corrected chi connectivity index (χ4v) is 2.29. The van der Waals surface area contributed by atoms with Crippen LogP contribution < -0.4 is 5.32 Å². The van der Waals surface area contributed by atoms with Gasteiger partial charge in [-0.3, -0.25) is 4.79 Å². The molecule has 0 fully saturated rings. The van der Waals surface area contributed by atoms with Gasteiger partial charge in [-0.05, 0) is 12.3 Å². The number of hydrogen-bond donors (Lipinski definition) is 1. The van der Waals surface area contributed by atoms with Crippen molar-refractivity contribution >= 4 is 30.1 Å². The van der Waals surface area contributed by atoms with E-state index in [4.69, 9.17) is 7.85 Å². The lowest BCUT2D eigenvalue weighted by molar-refractivity contribution is 0.269. The van der Waals surface area contributed by atoms with Crippen LogP contribution in [0.2, 0.25) is 0 Å². The van der Waals surface area contributed by atoms with E-state index in [9.17, 15) is 4.79 Å². The summed E-state index contributed by atoms with van der Waals surface area (Å²) in [6.45, 7) is 6.27. The molecule has 0 aliphatic rings. The summed E-state index contributed by atoms with van der Waals surface area (Å²) in [6.07, 6.45) is 0.879. The van der Waals surface area contributed by atoms with Crippen LogP contribution in [-0.4, -0.2) is 18.6 Å². The molecular weight excluding hydrogens is 195 g/mol. The minimum absolute atomic E-state index is 0.436. The molecule has 0 atom stereocenters. The van der Waals surface area contributed by atoms with Gasteiger partial charge in [-0.1, -0.05) is 20.8 Å². The van der Waals surface area contributed by atoms with Gasteiger partial charge in [0.1, 0.15) is 0 Å². The molecule has 0 aliphatic carbocycles. The molecule has 1 rings (SSSR count). The second kappa shape index (κ2) is 4.60. The molecule has 2 radical (unpaired) electrons. The van der Waals surface area contributed by atoms with Crippen LogP contribution in [0, 0.1) is 0 Å². The molecule has 0 spiro atoms. The standard InChI is InChI=1S/C9H13BN2OS/c1-4-6-7(5(2)3)14-9(11-6)12-8(10)13/h5H,4H2,1-3H3,(H,11,12,13). The van der Waals surface area contributed by atoms with E-state index < -0.39 is 5.81 Å². The van der Waals surface area contributed by atoms with E-state index in [1.165, 1.54) is 16.2 Å². The molecule has 5 heteroatoms. The number of anilines is 1. The Kier molecular flexibility index (Phi) is 3.69. The SMILES string of the molecule is [B]C(=O)Nc1nc(CC)c(C(C)C)s1. The number of carbonyl (C=O) groups is 1. The van der Waals surface area contributed by atoms with Crippen LogP contribution in [0.4, 0.5) is 9.93 Å². The highest BCUT2D eigenvalue weighted by Gasteiger charge is 2.12. The van der Waals surface area contributed by atoms with E-state index in [0.29, 0.717) is 11.0 Å². The van der Waals surface area contributed by atoms with Crippen LogP contribution in [0.3, 0.4) is 0 Å². The van der Waals surface area contributed by atoms with E-state index in [0.717, 1.165) is 12.1 Å². The van der Waals surface area contributed by atoms with Gasteiger partial charge in [0.15, 0.2) is 10.9 Å². The lowest BCUT2D eigenvalue weighted by atomic mass is 10.1. The lowest BCUT2D eigenvalue weighted by Gasteiger charge is -2.01. The minimum atomic E-state index is -0.559. The van der Waals surface area contributed by atoms with Crippen LogP contribution in [0.15, 0.2) is 0 Å². The Bertz CT molecular complexity index is 336. The van der Waals surface area contributed by atoms with Crippen LogP contribution >= 0.6 is 11.3 Å². The van der Waals surface area contributed by atoms with Gasteiger partial charge in [-0.25, -0.2) is 4.98 Å². The van der Waals surface area contributed by atoms with Crippen LogP contribution in [0.5, 0.6) is 0 Å². The average molecular weight is 208 g/mol. The first-order chi connectivity index (χ1) is 6.54. The number of thiazole rings is 1. The van der Waals surface area contributed by atoms with Gasteiger partial charge < -0.3 is 5.32 Å². The van der Waals surface area contributed by atoms with Crippen molar-refractivity contribution in [1.29, 1.82) is 0 Å². The Morgan fingerprint density at radius 2 is 2.29 bits per heavy atom. The fraction of sp³-hybridized carbons (Fsp3) is 0.556. The fourth-order valence-electron chi connectivity index (χ4n) is 1.23. The van der Waals surface area contributed by atoms with E-state index in [1.807, 2.05) is 0 Å². The Morgan fingerprint density at radius 1 is 1.64 bits per heavy atom. The largest absolute Gasteiger partial charge is 0.312 e. The number of rotatable bonds is 3. The summed E-state index contributed by atoms with van der Waals surface area (Å²) in [5.41, 5.74) is 1.05. The number of aryl methyl sites for hydroxylation is 1. The molecule has 0 aromatic carbocycles. The highest BCUT2D eigenvalue weighted by Crippen LogP contribution is 2.29. The summed E-state index contributed by atoms with van der Waals surface area (Å²) in [4.78, 5) is 16.1. The molecule has 1 N–H and O–H groups in total. The van der Waals surface area contributed by atoms with Crippen LogP contribution in [0.1, 0.15) is 37.3 Å². The third kappa shape index (κ3) is 2.58. The van der Waals surface area contributed by atoms with Crippen molar-refractivity contribution in [2.45, 2.75) is 33.1 Å². The Morgan fingerprint density at radius 3 is 2.64 bits per heavy atom. The first kappa shape index (κ1) is 11.2. The van der Waals surface area contributed by atoms with Crippen molar-refractivity contribution in [3.63, 3.8) is 0 Å². The zero-order valence-corrected chi connectivity index (χ0v) is 9.44. The summed E-state index contributed by atoms with van der Waals surface area (Å²) in [6, 6.07) is 0. The highest BCUT2D eigenvalue weighted by molar-refractivity contribution is 7.16. The molecule has 0 saturated heterocycles. The number of aromatic nitrogens is 1. The predicted molar refractivity (Wildman–Crippen MR) is 60.4 cm³/mol. The van der Waals surface area contributed by atoms with Crippen LogP contribution in [-0.2, 0) is 6.42 Å². The second-order valence-corrected chi connectivity index (χ2v) is 4.36. The molecule has 1 aromatic rings. The number of hydrogen-bond acceptors (Lipinski definition) is 3. The maximum Gasteiger partial charge on any atom is 0.201 e. The first-order valence-electron chi connectivity index (χ1n) is 4.60. The summed E-state index contributed by atoms with van der Waals surface area (Å²) in [5.74, 6) is -0.123. The van der Waals surface area contributed by atoms with Gasteiger partial charge in [0.25, 0.3) is 0 Å². The van der Waals surface area contributed by atoms with Crippen molar-refractivity contribution < 1.29 is 4.79 Å². The second-order valence-electron chi connectivity index (χ2n) is 3.33. The summed E-state index contributed by atoms with van der Waals surface area (Å²) in [7, 11) is 5.02. The molecule has 1 heterocycles. The summed E-state index contributed by atoms with van der Waals surface area (Å²) >= 11 is 1.50. The number of nitrogens with zero attached hydrogens (tertiary/aromatic N) is 1. The Labute approximate surface area is 89.3 Å². The van der Waals surface area contributed by atoms with E-state index in [-0.39, 0.29) is 0 Å². The quantitative estimate of drug-likeness (QED) is 0.775. The normalized spacial score (nSPS) is 10.6. The molecule has 0 unspecified atom stereocenters. The zero-order chi connectivity index (χ0) is 10.7. The third-order valence-corrected chi connectivity index (χ3v) is 3.13. The molecular formula is C9H13BN2OS. The third-order valence-electron chi connectivity index (χ3n) is 1.82. The molecule has 0 saturated carbocycles. The maximum atomic E-state index is 10.6. The van der Waals surface area contributed by atoms with Gasteiger partial charge in [-0.2, -0.15) is 0 Å². The van der Waals surface area contributed by atoms with Crippen molar-refractivity contribution in [2.75, 3.05) is 5.32 Å². The van der Waals surface area contributed by atoms with E-state index in [2.05, 4.69) is 31.1 Å². The lowest BCUT2D eigenvalue weighted by Crippen LogP contribution is -2.07. The summed E-state index contributed by atoms with van der Waals surface area (Å²) in [5, 5.41) is 3.10. The van der Waals surface area contributed by atoms with Gasteiger partial charge in [0.05, 0.1) is 5.69 Å². The van der Waals surface area contributed by atoms with E-state index in [1.54, 1.807) is 0 Å². The Hall–Kier alpha value is -0.835. The zero-order valence-electron chi connectivity index (χ0n) is 8.63.